The minimum atomic E-state index is 0.0660. The molecular weight excluding hydrogens is 142 g/mol. The van der Waals surface area contributed by atoms with E-state index in [2.05, 4.69) is 0 Å². The third-order valence-corrected chi connectivity index (χ3v) is 2.78. The molecule has 1 saturated heterocycles. The maximum atomic E-state index is 11.1. The number of nitrogens with two attached hydrogens (primary N) is 1. The van der Waals surface area contributed by atoms with E-state index in [1.807, 2.05) is 0 Å². The molecule has 2 fully saturated rings. The van der Waals surface area contributed by atoms with Gasteiger partial charge in [-0.25, -0.2) is 14.9 Å². The minimum Gasteiger partial charge on any atom is -0.230 e. The highest BCUT2D eigenvalue weighted by Crippen LogP contribution is 2.31. The third kappa shape index (κ3) is 0.997. The Hall–Kier alpha value is -0.700. The lowest BCUT2D eigenvalue weighted by atomic mass is 9.81. The molecule has 60 valence electrons. The summed E-state index contributed by atoms with van der Waals surface area (Å²) in [5, 5.41) is 1.31. The maximum Gasteiger partial charge on any atom is 0.321 e. The van der Waals surface area contributed by atoms with Crippen molar-refractivity contribution in [3.8, 4) is 0 Å². The molecule has 2 atom stereocenters. The number of carbonyl (C=O) groups excluding carboxylic acids is 2. The van der Waals surface area contributed by atoms with Crippen molar-refractivity contribution in [3.05, 3.63) is 0 Å². The average molecular weight is 154 g/mol. The van der Waals surface area contributed by atoms with E-state index in [0.717, 1.165) is 25.7 Å². The molecule has 0 aromatic heterocycles. The van der Waals surface area contributed by atoms with Crippen LogP contribution in [0.1, 0.15) is 25.7 Å². The molecular formula is C8H12NO2+. The molecule has 0 spiro atoms. The normalized spacial score (nSPS) is 37.5. The highest BCUT2D eigenvalue weighted by atomic mass is 16.2. The molecule has 1 aliphatic heterocycles. The number of hydrogen-bond donors (Lipinski definition) is 1. The van der Waals surface area contributed by atoms with Crippen LogP contribution in [0.2, 0.25) is 0 Å². The molecule has 2 N–H and O–H groups in total. The molecule has 3 nitrogen and oxygen atoms in total. The fourth-order valence-electron chi connectivity index (χ4n) is 2.17. The van der Waals surface area contributed by atoms with Gasteiger partial charge in [-0.15, -0.1) is 0 Å². The number of primary amides is 2. The summed E-state index contributed by atoms with van der Waals surface area (Å²) in [6.07, 6.45) is 4.11. The van der Waals surface area contributed by atoms with Crippen molar-refractivity contribution in [1.82, 2.24) is 0 Å². The Labute approximate surface area is 65.2 Å². The second kappa shape index (κ2) is 2.41. The maximum absolute atomic E-state index is 11.1. The van der Waals surface area contributed by atoms with E-state index in [-0.39, 0.29) is 23.7 Å². The summed E-state index contributed by atoms with van der Waals surface area (Å²) in [5.74, 6) is 0.298. The lowest BCUT2D eigenvalue weighted by Gasteiger charge is -2.17. The lowest BCUT2D eigenvalue weighted by Crippen LogP contribution is -2.88. The van der Waals surface area contributed by atoms with Crippen LogP contribution in [0.4, 0.5) is 0 Å². The Bertz CT molecular complexity index is 190. The van der Waals surface area contributed by atoms with Gasteiger partial charge in [-0.05, 0) is 12.8 Å². The molecule has 1 heterocycles. The van der Waals surface area contributed by atoms with E-state index in [1.165, 1.54) is 5.32 Å². The van der Waals surface area contributed by atoms with Gasteiger partial charge in [0.2, 0.25) is 0 Å². The van der Waals surface area contributed by atoms with E-state index >= 15 is 0 Å². The zero-order chi connectivity index (χ0) is 7.84. The quantitative estimate of drug-likeness (QED) is 0.475. The molecule has 0 radical (unpaired) electrons. The van der Waals surface area contributed by atoms with E-state index < -0.39 is 0 Å². The number of rotatable bonds is 0. The van der Waals surface area contributed by atoms with Crippen molar-refractivity contribution in [2.24, 2.45) is 11.8 Å². The molecule has 0 bridgehead atoms. The van der Waals surface area contributed by atoms with Crippen molar-refractivity contribution in [2.45, 2.75) is 25.7 Å². The molecule has 2 rings (SSSR count). The zero-order valence-electron chi connectivity index (χ0n) is 6.38. The fourth-order valence-corrected chi connectivity index (χ4v) is 2.17. The summed E-state index contributed by atoms with van der Waals surface area (Å²) in [4.78, 5) is 22.3. The molecule has 1 saturated carbocycles. The summed E-state index contributed by atoms with van der Waals surface area (Å²) in [7, 11) is 0. The Morgan fingerprint density at radius 3 is 1.91 bits per heavy atom. The Morgan fingerprint density at radius 1 is 1.00 bits per heavy atom. The van der Waals surface area contributed by atoms with Crippen LogP contribution in [0.3, 0.4) is 0 Å². The molecule has 0 aromatic carbocycles. The van der Waals surface area contributed by atoms with Crippen LogP contribution in [-0.4, -0.2) is 11.8 Å². The van der Waals surface area contributed by atoms with Crippen LogP contribution in [0, 0.1) is 11.8 Å². The van der Waals surface area contributed by atoms with Gasteiger partial charge in [-0.2, -0.15) is 0 Å². The van der Waals surface area contributed by atoms with Crippen LogP contribution < -0.4 is 5.32 Å². The van der Waals surface area contributed by atoms with Gasteiger partial charge in [0.1, 0.15) is 0 Å². The van der Waals surface area contributed by atoms with Crippen LogP contribution in [0.5, 0.6) is 0 Å². The van der Waals surface area contributed by atoms with E-state index in [1.54, 1.807) is 0 Å². The van der Waals surface area contributed by atoms with E-state index in [0.29, 0.717) is 0 Å². The van der Waals surface area contributed by atoms with Crippen molar-refractivity contribution < 1.29 is 14.9 Å². The Morgan fingerprint density at radius 2 is 1.45 bits per heavy atom. The number of hydrogen-bond acceptors (Lipinski definition) is 2. The molecule has 11 heavy (non-hydrogen) atoms. The monoisotopic (exact) mass is 154 g/mol. The molecule has 2 amide bonds. The van der Waals surface area contributed by atoms with Gasteiger partial charge in [0, 0.05) is 0 Å². The first-order valence-corrected chi connectivity index (χ1v) is 4.21. The highest BCUT2D eigenvalue weighted by molar-refractivity contribution is 5.90. The smallest absolute Gasteiger partial charge is 0.230 e. The van der Waals surface area contributed by atoms with Crippen LogP contribution in [-0.2, 0) is 9.59 Å². The summed E-state index contributed by atoms with van der Waals surface area (Å²) in [6.45, 7) is 0. The standard InChI is InChI=1S/C8H11NO2/c10-7-5-3-1-2-4-6(5)8(11)9-7/h5-6H,1-4H2,(H,9,10,11)/p+1/t5-,6-/m1/s1. The van der Waals surface area contributed by atoms with Crippen molar-refractivity contribution in [3.63, 3.8) is 0 Å². The number of amides is 2. The number of fused-ring (bicyclic) bond motifs is 1. The van der Waals surface area contributed by atoms with Crippen LogP contribution in [0.25, 0.3) is 0 Å². The van der Waals surface area contributed by atoms with Gasteiger partial charge in [0.05, 0.1) is 11.8 Å². The van der Waals surface area contributed by atoms with Gasteiger partial charge >= 0.3 is 11.8 Å². The molecule has 0 unspecified atom stereocenters. The number of imide groups is 1. The predicted octanol–water partition coefficient (Wildman–Crippen LogP) is -0.577. The first kappa shape index (κ1) is 6.98. The van der Waals surface area contributed by atoms with Crippen molar-refractivity contribution in [2.75, 3.05) is 0 Å². The number of carbonyl (C=O) groups is 2. The van der Waals surface area contributed by atoms with Crippen LogP contribution in [0.15, 0.2) is 0 Å². The number of quaternary nitrogens is 1. The Balaban J connectivity index is 2.19. The summed E-state index contributed by atoms with van der Waals surface area (Å²) < 4.78 is 0. The highest BCUT2D eigenvalue weighted by Gasteiger charge is 2.47. The van der Waals surface area contributed by atoms with Gasteiger partial charge < -0.3 is 0 Å². The molecule has 0 aromatic rings. The molecule has 2 aliphatic rings. The van der Waals surface area contributed by atoms with Crippen molar-refractivity contribution >= 4 is 11.8 Å². The Kier molecular flexibility index (Phi) is 1.53. The first-order chi connectivity index (χ1) is 5.29. The minimum absolute atomic E-state index is 0.0660. The summed E-state index contributed by atoms with van der Waals surface area (Å²) in [6, 6.07) is 0. The summed E-state index contributed by atoms with van der Waals surface area (Å²) in [5.41, 5.74) is 0. The SMILES string of the molecule is O=C1[NH2+]C(=O)[C@@H]2CCCC[C@@H]12. The largest absolute Gasteiger partial charge is 0.321 e. The first-order valence-electron chi connectivity index (χ1n) is 4.21. The zero-order valence-corrected chi connectivity index (χ0v) is 6.38. The van der Waals surface area contributed by atoms with Gasteiger partial charge in [-0.1, -0.05) is 12.8 Å². The lowest BCUT2D eigenvalue weighted by molar-refractivity contribution is -0.479. The second-order valence-electron chi connectivity index (χ2n) is 3.45. The van der Waals surface area contributed by atoms with Crippen molar-refractivity contribution in [1.29, 1.82) is 0 Å². The van der Waals surface area contributed by atoms with E-state index in [4.69, 9.17) is 0 Å². The van der Waals surface area contributed by atoms with E-state index in [9.17, 15) is 9.59 Å². The third-order valence-electron chi connectivity index (χ3n) is 2.78. The van der Waals surface area contributed by atoms with Gasteiger partial charge in [0.15, 0.2) is 0 Å². The van der Waals surface area contributed by atoms with Gasteiger partial charge in [-0.3, -0.25) is 0 Å². The second-order valence-corrected chi connectivity index (χ2v) is 3.45. The predicted molar refractivity (Wildman–Crippen MR) is 37.4 cm³/mol. The average Bonchev–Trinajstić information content (AvgIpc) is 2.30. The molecule has 3 heteroatoms. The summed E-state index contributed by atoms with van der Waals surface area (Å²) >= 11 is 0. The van der Waals surface area contributed by atoms with Gasteiger partial charge in [0.25, 0.3) is 0 Å². The topological polar surface area (TPSA) is 50.8 Å². The van der Waals surface area contributed by atoms with Crippen LogP contribution >= 0.6 is 0 Å². The fraction of sp³-hybridized carbons (Fsp3) is 0.750. The molecule has 1 aliphatic carbocycles.